The quantitative estimate of drug-likeness (QED) is 0.289. The lowest BCUT2D eigenvalue weighted by molar-refractivity contribution is 0.275. The lowest BCUT2D eigenvalue weighted by atomic mass is 10.1. The smallest absolute Gasteiger partial charge is 0.191 e. The molecule has 2 aromatic carbocycles. The van der Waals surface area contributed by atoms with Gasteiger partial charge < -0.3 is 4.74 Å². The predicted molar refractivity (Wildman–Crippen MR) is 112 cm³/mol. The molecule has 0 saturated heterocycles. The number of aromatic nitrogens is 4. The van der Waals surface area contributed by atoms with Crippen LogP contribution in [0.2, 0.25) is 0 Å². The summed E-state index contributed by atoms with van der Waals surface area (Å²) in [5, 5.41) is 9.58. The summed E-state index contributed by atoms with van der Waals surface area (Å²) in [4.78, 5) is 4.32. The summed E-state index contributed by atoms with van der Waals surface area (Å²) in [6.45, 7) is 4.33. The Morgan fingerprint density at radius 2 is 1.90 bits per heavy atom. The van der Waals surface area contributed by atoms with Crippen LogP contribution in [0.1, 0.15) is 11.4 Å². The van der Waals surface area contributed by atoms with E-state index in [9.17, 15) is 8.78 Å². The normalized spacial score (nSPS) is 11.0. The number of halogens is 2. The minimum atomic E-state index is -0.433. The first-order chi connectivity index (χ1) is 14.7. The van der Waals surface area contributed by atoms with Crippen molar-refractivity contribution >= 4 is 22.7 Å². The van der Waals surface area contributed by atoms with Gasteiger partial charge in [0.2, 0.25) is 0 Å². The number of pyridine rings is 1. The molecule has 30 heavy (non-hydrogen) atoms. The number of nitrogens with zero attached hydrogens (tertiary/aromatic N) is 4. The molecule has 2 aromatic heterocycles. The van der Waals surface area contributed by atoms with E-state index in [1.54, 1.807) is 48.7 Å². The number of para-hydroxylation sites is 1. The van der Waals surface area contributed by atoms with Crippen molar-refractivity contribution in [1.29, 1.82) is 0 Å². The highest BCUT2D eigenvalue weighted by Crippen LogP contribution is 2.27. The van der Waals surface area contributed by atoms with Gasteiger partial charge in [-0.1, -0.05) is 36.0 Å². The van der Waals surface area contributed by atoms with Crippen LogP contribution in [0.4, 0.5) is 8.78 Å². The third-order valence-electron chi connectivity index (χ3n) is 4.46. The molecule has 0 N–H and O–H groups in total. The van der Waals surface area contributed by atoms with E-state index in [1.165, 1.54) is 23.9 Å². The molecule has 0 atom stereocenters. The van der Waals surface area contributed by atoms with E-state index in [4.69, 9.17) is 4.74 Å². The molecule has 0 aliphatic carbocycles. The van der Waals surface area contributed by atoms with Gasteiger partial charge in [0, 0.05) is 23.9 Å². The summed E-state index contributed by atoms with van der Waals surface area (Å²) in [7, 11) is 0. The average Bonchev–Trinajstić information content (AvgIpc) is 3.15. The summed E-state index contributed by atoms with van der Waals surface area (Å²) in [6.07, 6.45) is 3.38. The zero-order valence-electron chi connectivity index (χ0n) is 16.0. The highest BCUT2D eigenvalue weighted by Gasteiger charge is 2.15. The van der Waals surface area contributed by atoms with Gasteiger partial charge in [-0.25, -0.2) is 8.78 Å². The minimum absolute atomic E-state index is 0.0728. The highest BCUT2D eigenvalue weighted by atomic mass is 32.2. The molecule has 0 bridgehead atoms. The van der Waals surface area contributed by atoms with Crippen LogP contribution in [0.3, 0.4) is 0 Å². The van der Waals surface area contributed by atoms with Gasteiger partial charge in [0.1, 0.15) is 12.4 Å². The zero-order chi connectivity index (χ0) is 20.9. The number of ether oxygens (including phenoxy) is 1. The van der Waals surface area contributed by atoms with E-state index in [2.05, 4.69) is 21.8 Å². The van der Waals surface area contributed by atoms with Crippen LogP contribution in [-0.2, 0) is 18.9 Å². The number of benzene rings is 2. The summed E-state index contributed by atoms with van der Waals surface area (Å²) in [6, 6.07) is 12.8. The molecule has 0 unspecified atom stereocenters. The lowest BCUT2D eigenvalue weighted by Gasteiger charge is -2.10. The van der Waals surface area contributed by atoms with Gasteiger partial charge in [-0.3, -0.25) is 9.55 Å². The van der Waals surface area contributed by atoms with E-state index in [1.807, 2.05) is 4.57 Å². The monoisotopic (exact) mass is 424 g/mol. The number of fused-ring (bicyclic) bond motifs is 1. The Morgan fingerprint density at radius 3 is 2.73 bits per heavy atom. The topological polar surface area (TPSA) is 52.8 Å². The van der Waals surface area contributed by atoms with Crippen molar-refractivity contribution in [3.63, 3.8) is 0 Å². The van der Waals surface area contributed by atoms with Crippen LogP contribution in [0, 0.1) is 11.6 Å². The van der Waals surface area contributed by atoms with E-state index in [0.717, 1.165) is 5.56 Å². The van der Waals surface area contributed by atoms with Crippen molar-refractivity contribution < 1.29 is 13.5 Å². The van der Waals surface area contributed by atoms with Gasteiger partial charge in [-0.05, 0) is 35.9 Å². The summed E-state index contributed by atoms with van der Waals surface area (Å²) in [5.41, 5.74) is 1.53. The molecule has 0 amide bonds. The molecule has 0 spiro atoms. The maximum absolute atomic E-state index is 14.0. The Bertz CT molecular complexity index is 1190. The Balaban J connectivity index is 1.53. The second-order valence-corrected chi connectivity index (χ2v) is 7.35. The van der Waals surface area contributed by atoms with Gasteiger partial charge in [0.25, 0.3) is 0 Å². The number of rotatable bonds is 8. The van der Waals surface area contributed by atoms with Gasteiger partial charge in [0.15, 0.2) is 22.5 Å². The fourth-order valence-corrected chi connectivity index (χ4v) is 3.96. The van der Waals surface area contributed by atoms with Crippen molar-refractivity contribution in [2.24, 2.45) is 0 Å². The van der Waals surface area contributed by atoms with Crippen molar-refractivity contribution in [3.05, 3.63) is 90.4 Å². The van der Waals surface area contributed by atoms with E-state index >= 15 is 0 Å². The van der Waals surface area contributed by atoms with Crippen molar-refractivity contribution in [2.45, 2.75) is 24.1 Å². The third-order valence-corrected chi connectivity index (χ3v) is 5.47. The summed E-state index contributed by atoms with van der Waals surface area (Å²) < 4.78 is 35.2. The molecular formula is C22H18F2N4OS. The Kier molecular flexibility index (Phi) is 6.04. The van der Waals surface area contributed by atoms with E-state index in [0.29, 0.717) is 34.2 Å². The van der Waals surface area contributed by atoms with Crippen molar-refractivity contribution in [2.75, 3.05) is 0 Å². The van der Waals surface area contributed by atoms with Crippen molar-refractivity contribution in [3.8, 4) is 5.75 Å². The van der Waals surface area contributed by atoms with Crippen LogP contribution < -0.4 is 4.74 Å². The minimum Gasteiger partial charge on any atom is -0.483 e. The Hall–Kier alpha value is -3.26. The maximum atomic E-state index is 14.0. The first-order valence-electron chi connectivity index (χ1n) is 9.22. The first-order valence-corrected chi connectivity index (χ1v) is 10.2. The van der Waals surface area contributed by atoms with Gasteiger partial charge in [0.05, 0.1) is 5.52 Å². The van der Waals surface area contributed by atoms with Crippen LogP contribution in [0.25, 0.3) is 10.9 Å². The Labute approximate surface area is 176 Å². The molecular weight excluding hydrogens is 406 g/mol. The summed E-state index contributed by atoms with van der Waals surface area (Å²) >= 11 is 1.46. The van der Waals surface area contributed by atoms with E-state index in [-0.39, 0.29) is 18.2 Å². The molecule has 0 saturated carbocycles. The number of hydrogen-bond donors (Lipinski definition) is 0. The number of thioether (sulfide) groups is 1. The second-order valence-electron chi connectivity index (χ2n) is 6.41. The molecule has 152 valence electrons. The number of allylic oxidation sites excluding steroid dienone is 1. The van der Waals surface area contributed by atoms with Crippen LogP contribution in [0.15, 0.2) is 72.5 Å². The van der Waals surface area contributed by atoms with Crippen molar-refractivity contribution in [1.82, 2.24) is 19.7 Å². The Morgan fingerprint density at radius 1 is 1.03 bits per heavy atom. The fraction of sp³-hybridized carbons (Fsp3) is 0.136. The summed E-state index contributed by atoms with van der Waals surface area (Å²) in [5.74, 6) is 0.523. The molecule has 4 aromatic rings. The standard InChI is InChI=1S/C22H18F2N4OS/c1-2-12-28-20(13-29-19-8-4-3-7-18(19)24)26-27-22(28)30-14-15-9-10-17(23)16-6-5-11-25-21(15)16/h2-11H,1,12-14H2. The maximum Gasteiger partial charge on any atom is 0.191 e. The van der Waals surface area contributed by atoms with Gasteiger partial charge in [-0.2, -0.15) is 0 Å². The molecule has 0 radical (unpaired) electrons. The molecule has 4 rings (SSSR count). The van der Waals surface area contributed by atoms with Gasteiger partial charge in [-0.15, -0.1) is 16.8 Å². The second kappa shape index (κ2) is 9.04. The fourth-order valence-electron chi connectivity index (χ4n) is 3.00. The highest BCUT2D eigenvalue weighted by molar-refractivity contribution is 7.98. The lowest BCUT2D eigenvalue weighted by Crippen LogP contribution is -2.08. The largest absolute Gasteiger partial charge is 0.483 e. The van der Waals surface area contributed by atoms with E-state index < -0.39 is 5.82 Å². The van der Waals surface area contributed by atoms with Crippen LogP contribution in [-0.4, -0.2) is 19.7 Å². The molecule has 2 heterocycles. The first kappa shape index (κ1) is 20.0. The third kappa shape index (κ3) is 4.18. The zero-order valence-corrected chi connectivity index (χ0v) is 16.8. The van der Waals surface area contributed by atoms with Gasteiger partial charge >= 0.3 is 0 Å². The molecule has 0 aliphatic rings. The van der Waals surface area contributed by atoms with Crippen LogP contribution in [0.5, 0.6) is 5.75 Å². The number of hydrogen-bond acceptors (Lipinski definition) is 5. The molecule has 8 heteroatoms. The SMILES string of the molecule is C=CCn1c(COc2ccccc2F)nnc1SCc1ccc(F)c2cccnc12. The van der Waals surface area contributed by atoms with Crippen LogP contribution >= 0.6 is 11.8 Å². The molecule has 0 aliphatic heterocycles. The molecule has 0 fully saturated rings. The predicted octanol–water partition coefficient (Wildman–Crippen LogP) is 5.16. The average molecular weight is 424 g/mol. The molecule has 5 nitrogen and oxygen atoms in total.